The van der Waals surface area contributed by atoms with Crippen molar-refractivity contribution >= 4 is 63.9 Å². The maximum absolute atomic E-state index is 12.6. The second kappa shape index (κ2) is 7.52. The first-order chi connectivity index (χ1) is 13.9. The number of hydrogen-bond acceptors (Lipinski definition) is 3. The maximum Gasteiger partial charge on any atom is 0.266 e. The van der Waals surface area contributed by atoms with Crippen molar-refractivity contribution in [2.45, 2.75) is 0 Å². The highest BCUT2D eigenvalue weighted by Crippen LogP contribution is 2.33. The van der Waals surface area contributed by atoms with Gasteiger partial charge in [0, 0.05) is 5.02 Å². The Morgan fingerprint density at radius 1 is 0.793 bits per heavy atom. The van der Waals surface area contributed by atoms with Gasteiger partial charge >= 0.3 is 0 Å². The minimum absolute atomic E-state index is 0.158. The third-order valence-corrected chi connectivity index (χ3v) is 5.30. The molecule has 0 atom stereocenters. The fourth-order valence-corrected chi connectivity index (χ4v) is 3.63. The number of anilines is 2. The average Bonchev–Trinajstić information content (AvgIpc) is 2.96. The summed E-state index contributed by atoms with van der Waals surface area (Å²) in [5.74, 6) is -1.35. The lowest BCUT2D eigenvalue weighted by Gasteiger charge is -2.16. The predicted octanol–water partition coefficient (Wildman–Crippen LogP) is 5.70. The van der Waals surface area contributed by atoms with Crippen molar-refractivity contribution in [1.29, 1.82) is 0 Å². The van der Waals surface area contributed by atoms with Gasteiger partial charge in [-0.25, -0.2) is 4.90 Å². The monoisotopic (exact) mass is 444 g/mol. The summed E-state index contributed by atoms with van der Waals surface area (Å²) in [5.41, 5.74) is 1.47. The Morgan fingerprint density at radius 3 is 2.07 bits per heavy atom. The summed E-state index contributed by atoms with van der Waals surface area (Å²) in [6, 6.07) is 15.6. The van der Waals surface area contributed by atoms with Crippen molar-refractivity contribution in [3.8, 4) is 0 Å². The zero-order chi connectivity index (χ0) is 20.7. The molecule has 1 aliphatic rings. The van der Waals surface area contributed by atoms with Gasteiger partial charge in [0.2, 0.25) is 0 Å². The van der Waals surface area contributed by atoms with E-state index in [1.165, 1.54) is 30.3 Å². The van der Waals surface area contributed by atoms with E-state index in [0.717, 1.165) is 4.90 Å². The number of imide groups is 1. The Kier molecular flexibility index (Phi) is 5.04. The van der Waals surface area contributed by atoms with Gasteiger partial charge in [-0.05, 0) is 48.5 Å². The molecule has 5 nitrogen and oxygen atoms in total. The van der Waals surface area contributed by atoms with Crippen LogP contribution in [0.25, 0.3) is 0 Å². The molecule has 29 heavy (non-hydrogen) atoms. The van der Waals surface area contributed by atoms with Gasteiger partial charge in [-0.3, -0.25) is 14.4 Å². The van der Waals surface area contributed by atoms with Crippen molar-refractivity contribution in [1.82, 2.24) is 0 Å². The molecule has 1 aliphatic heterocycles. The normalized spacial score (nSPS) is 12.9. The van der Waals surface area contributed by atoms with Crippen LogP contribution in [0, 0.1) is 0 Å². The fraction of sp³-hybridized carbons (Fsp3) is 0. The lowest BCUT2D eigenvalue weighted by atomic mass is 10.1. The summed E-state index contributed by atoms with van der Waals surface area (Å²) < 4.78 is 0. The number of halogens is 3. The van der Waals surface area contributed by atoms with Crippen LogP contribution in [-0.4, -0.2) is 17.7 Å². The molecule has 0 aliphatic carbocycles. The van der Waals surface area contributed by atoms with E-state index in [2.05, 4.69) is 5.32 Å². The third-order valence-electron chi connectivity index (χ3n) is 4.43. The van der Waals surface area contributed by atoms with Crippen molar-refractivity contribution in [2.75, 3.05) is 10.2 Å². The average molecular weight is 446 g/mol. The quantitative estimate of drug-likeness (QED) is 0.526. The molecule has 0 aromatic heterocycles. The maximum atomic E-state index is 12.6. The topological polar surface area (TPSA) is 66.5 Å². The van der Waals surface area contributed by atoms with Crippen molar-refractivity contribution in [3.05, 3.63) is 92.4 Å². The van der Waals surface area contributed by atoms with Gasteiger partial charge in [0.1, 0.15) is 0 Å². The number of rotatable bonds is 3. The number of nitrogens with zero attached hydrogens (tertiary/aromatic N) is 1. The minimum atomic E-state index is -0.493. The van der Waals surface area contributed by atoms with Crippen LogP contribution < -0.4 is 10.2 Å². The van der Waals surface area contributed by atoms with Crippen LogP contribution in [0.4, 0.5) is 11.4 Å². The molecule has 144 valence electrons. The summed E-state index contributed by atoms with van der Waals surface area (Å²) in [6.07, 6.45) is 0. The molecule has 0 saturated heterocycles. The lowest BCUT2D eigenvalue weighted by molar-refractivity contribution is 0.0924. The molecule has 3 amide bonds. The van der Waals surface area contributed by atoms with Gasteiger partial charge in [0.25, 0.3) is 17.7 Å². The Labute approximate surface area is 180 Å². The van der Waals surface area contributed by atoms with Crippen LogP contribution in [-0.2, 0) is 0 Å². The smallest absolute Gasteiger partial charge is 0.266 e. The first-order valence-electron chi connectivity index (χ1n) is 8.40. The first-order valence-corrected chi connectivity index (χ1v) is 9.54. The molecular formula is C21H11Cl3N2O3. The van der Waals surface area contributed by atoms with E-state index >= 15 is 0 Å². The second-order valence-electron chi connectivity index (χ2n) is 6.23. The highest BCUT2D eigenvalue weighted by atomic mass is 35.5. The van der Waals surface area contributed by atoms with E-state index in [1.807, 2.05) is 0 Å². The van der Waals surface area contributed by atoms with Crippen molar-refractivity contribution in [2.24, 2.45) is 0 Å². The number of carbonyl (C=O) groups is 3. The zero-order valence-corrected chi connectivity index (χ0v) is 16.8. The van der Waals surface area contributed by atoms with Gasteiger partial charge < -0.3 is 5.32 Å². The van der Waals surface area contributed by atoms with Gasteiger partial charge in [0.15, 0.2) is 0 Å². The highest BCUT2D eigenvalue weighted by molar-refractivity contribution is 6.38. The van der Waals surface area contributed by atoms with Gasteiger partial charge in [0.05, 0.1) is 38.1 Å². The van der Waals surface area contributed by atoms with E-state index in [-0.39, 0.29) is 15.6 Å². The first kappa shape index (κ1) is 19.5. The van der Waals surface area contributed by atoms with E-state index in [0.29, 0.717) is 27.5 Å². The summed E-state index contributed by atoms with van der Waals surface area (Å²) in [4.78, 5) is 38.8. The number of nitrogens with one attached hydrogen (secondary N) is 1. The van der Waals surface area contributed by atoms with Crippen LogP contribution >= 0.6 is 34.8 Å². The Balaban J connectivity index is 1.61. The molecule has 1 heterocycles. The molecule has 0 radical (unpaired) electrons. The number of benzene rings is 3. The summed E-state index contributed by atoms with van der Waals surface area (Å²) in [6.45, 7) is 0. The van der Waals surface area contributed by atoms with Crippen LogP contribution in [0.5, 0.6) is 0 Å². The summed E-state index contributed by atoms with van der Waals surface area (Å²) in [7, 11) is 0. The molecule has 0 bridgehead atoms. The van der Waals surface area contributed by atoms with Gasteiger partial charge in [-0.1, -0.05) is 46.9 Å². The van der Waals surface area contributed by atoms with E-state index < -0.39 is 17.7 Å². The molecule has 8 heteroatoms. The molecule has 0 spiro atoms. The molecule has 3 aromatic carbocycles. The van der Waals surface area contributed by atoms with E-state index in [1.54, 1.807) is 30.3 Å². The molecule has 0 fully saturated rings. The number of fused-ring (bicyclic) bond motifs is 1. The molecule has 1 N–H and O–H groups in total. The van der Waals surface area contributed by atoms with Crippen LogP contribution in [0.2, 0.25) is 15.1 Å². The van der Waals surface area contributed by atoms with Crippen LogP contribution in [0.1, 0.15) is 31.1 Å². The largest absolute Gasteiger partial charge is 0.321 e. The third kappa shape index (κ3) is 3.49. The van der Waals surface area contributed by atoms with Gasteiger partial charge in [-0.15, -0.1) is 0 Å². The molecule has 4 rings (SSSR count). The van der Waals surface area contributed by atoms with Crippen molar-refractivity contribution < 1.29 is 14.4 Å². The number of hydrogen-bond donors (Lipinski definition) is 1. The van der Waals surface area contributed by atoms with E-state index in [9.17, 15) is 14.4 Å². The van der Waals surface area contributed by atoms with Gasteiger partial charge in [-0.2, -0.15) is 0 Å². The minimum Gasteiger partial charge on any atom is -0.321 e. The Hall–Kier alpha value is -2.86. The van der Waals surface area contributed by atoms with Crippen molar-refractivity contribution in [3.63, 3.8) is 0 Å². The van der Waals surface area contributed by atoms with E-state index in [4.69, 9.17) is 34.8 Å². The standard InChI is InChI=1S/C21H11Cl3N2O3/c22-11-5-7-16(23)15(9-11)19(27)25-18-8-6-12(10-17(18)24)26-20(28)13-3-1-2-4-14(13)21(26)29/h1-10H,(H,25,27). The lowest BCUT2D eigenvalue weighted by Crippen LogP contribution is -2.29. The fourth-order valence-electron chi connectivity index (χ4n) is 3.03. The molecule has 3 aromatic rings. The number of carbonyl (C=O) groups excluding carboxylic acids is 3. The Bertz CT molecular complexity index is 1160. The Morgan fingerprint density at radius 2 is 1.45 bits per heavy atom. The summed E-state index contributed by atoms with van der Waals surface area (Å²) >= 11 is 18.3. The molecule has 0 saturated carbocycles. The number of amides is 3. The molecular weight excluding hydrogens is 435 g/mol. The summed E-state index contributed by atoms with van der Waals surface area (Å²) in [5, 5.41) is 3.42. The second-order valence-corrected chi connectivity index (χ2v) is 7.48. The highest BCUT2D eigenvalue weighted by Gasteiger charge is 2.36. The zero-order valence-electron chi connectivity index (χ0n) is 14.6. The SMILES string of the molecule is O=C(Nc1ccc(N2C(=O)c3ccccc3C2=O)cc1Cl)c1cc(Cl)ccc1Cl. The van der Waals surface area contributed by atoms with Crippen LogP contribution in [0.15, 0.2) is 60.7 Å². The molecule has 0 unspecified atom stereocenters. The predicted molar refractivity (Wildman–Crippen MR) is 113 cm³/mol. The van der Waals surface area contributed by atoms with Crippen LogP contribution in [0.3, 0.4) is 0 Å².